The van der Waals surface area contributed by atoms with Crippen molar-refractivity contribution in [2.75, 3.05) is 13.7 Å². The summed E-state index contributed by atoms with van der Waals surface area (Å²) in [6.45, 7) is 4.27. The minimum absolute atomic E-state index is 0.293. The van der Waals surface area contributed by atoms with Crippen LogP contribution in [-0.2, 0) is 9.47 Å². The van der Waals surface area contributed by atoms with E-state index < -0.39 is 0 Å². The van der Waals surface area contributed by atoms with Crippen LogP contribution in [0.4, 0.5) is 0 Å². The summed E-state index contributed by atoms with van der Waals surface area (Å²) in [7, 11) is 1.76. The topological polar surface area (TPSA) is 18.5 Å². The van der Waals surface area contributed by atoms with Crippen molar-refractivity contribution in [2.45, 2.75) is 37.9 Å². The third kappa shape index (κ3) is 2.61. The summed E-state index contributed by atoms with van der Waals surface area (Å²) in [5, 5.41) is 0. The summed E-state index contributed by atoms with van der Waals surface area (Å²) in [5.41, 5.74) is 0. The van der Waals surface area contributed by atoms with Gasteiger partial charge in [0.05, 0.1) is 18.8 Å². The molecule has 1 aliphatic rings. The Morgan fingerprint density at radius 3 is 2.58 bits per heavy atom. The Kier molecular flexibility index (Phi) is 4.33. The molecule has 1 rings (SSSR count). The Bertz CT molecular complexity index is 134. The van der Waals surface area contributed by atoms with Crippen molar-refractivity contribution in [3.63, 3.8) is 0 Å². The van der Waals surface area contributed by atoms with E-state index >= 15 is 0 Å². The first-order chi connectivity index (χ1) is 5.88. The lowest BCUT2D eigenvalue weighted by Crippen LogP contribution is -2.33. The molecule has 70 valence electrons. The molecule has 0 radical (unpaired) electrons. The molecule has 0 bridgehead atoms. The van der Waals surface area contributed by atoms with Crippen LogP contribution in [0, 0.1) is 0 Å². The van der Waals surface area contributed by atoms with Gasteiger partial charge in [-0.25, -0.2) is 0 Å². The van der Waals surface area contributed by atoms with Crippen LogP contribution in [-0.4, -0.2) is 25.9 Å². The number of hydrogen-bond donors (Lipinski definition) is 0. The van der Waals surface area contributed by atoms with Crippen molar-refractivity contribution >= 4 is 0 Å². The van der Waals surface area contributed by atoms with E-state index in [2.05, 4.69) is 6.58 Å². The fraction of sp³-hybridized carbons (Fsp3) is 0.800. The summed E-state index contributed by atoms with van der Waals surface area (Å²) in [5.74, 6) is 0. The molecule has 0 aromatic heterocycles. The highest BCUT2D eigenvalue weighted by Crippen LogP contribution is 2.23. The van der Waals surface area contributed by atoms with Crippen molar-refractivity contribution < 1.29 is 9.47 Å². The zero-order chi connectivity index (χ0) is 8.81. The largest absolute Gasteiger partial charge is 0.379 e. The van der Waals surface area contributed by atoms with Crippen LogP contribution in [0.2, 0.25) is 0 Å². The second-order valence-electron chi connectivity index (χ2n) is 3.22. The highest BCUT2D eigenvalue weighted by molar-refractivity contribution is 4.77. The van der Waals surface area contributed by atoms with E-state index in [1.54, 1.807) is 13.2 Å². The van der Waals surface area contributed by atoms with Gasteiger partial charge in [0.15, 0.2) is 0 Å². The number of hydrogen-bond acceptors (Lipinski definition) is 2. The summed E-state index contributed by atoms with van der Waals surface area (Å²) in [6.07, 6.45) is 7.19. The molecule has 0 aromatic rings. The predicted octanol–water partition coefficient (Wildman–Crippen LogP) is 2.15. The third-order valence-electron chi connectivity index (χ3n) is 2.37. The molecule has 0 aromatic carbocycles. The van der Waals surface area contributed by atoms with Gasteiger partial charge >= 0.3 is 0 Å². The van der Waals surface area contributed by atoms with Gasteiger partial charge in [0.25, 0.3) is 0 Å². The molecule has 2 unspecified atom stereocenters. The first-order valence-corrected chi connectivity index (χ1v) is 4.63. The van der Waals surface area contributed by atoms with Crippen LogP contribution in [0.3, 0.4) is 0 Å². The zero-order valence-electron chi connectivity index (χ0n) is 7.79. The van der Waals surface area contributed by atoms with Crippen LogP contribution < -0.4 is 0 Å². The Labute approximate surface area is 74.6 Å². The molecule has 2 heteroatoms. The minimum atomic E-state index is 0.293. The van der Waals surface area contributed by atoms with Gasteiger partial charge in [-0.2, -0.15) is 0 Å². The van der Waals surface area contributed by atoms with Gasteiger partial charge in [0.2, 0.25) is 0 Å². The monoisotopic (exact) mass is 170 g/mol. The Morgan fingerprint density at radius 2 is 2.00 bits per heavy atom. The van der Waals surface area contributed by atoms with E-state index in [0.29, 0.717) is 18.8 Å². The summed E-state index contributed by atoms with van der Waals surface area (Å²) >= 11 is 0. The van der Waals surface area contributed by atoms with Crippen molar-refractivity contribution in [1.29, 1.82) is 0 Å². The molecule has 1 saturated carbocycles. The number of methoxy groups -OCH3 is 1. The minimum Gasteiger partial charge on any atom is -0.379 e. The van der Waals surface area contributed by atoms with E-state index in [9.17, 15) is 0 Å². The molecule has 0 heterocycles. The second-order valence-corrected chi connectivity index (χ2v) is 3.22. The molecule has 0 N–H and O–H groups in total. The smallest absolute Gasteiger partial charge is 0.0840 e. The van der Waals surface area contributed by atoms with Crippen LogP contribution in [0.5, 0.6) is 0 Å². The number of ether oxygens (including phenoxy) is 2. The van der Waals surface area contributed by atoms with Gasteiger partial charge in [0.1, 0.15) is 0 Å². The molecule has 1 fully saturated rings. The third-order valence-corrected chi connectivity index (χ3v) is 2.37. The average molecular weight is 170 g/mol. The SMILES string of the molecule is C=CCOC1CCCCC1OC. The Balaban J connectivity index is 2.30. The maximum Gasteiger partial charge on any atom is 0.0840 e. The molecule has 0 aliphatic heterocycles. The molecule has 2 nitrogen and oxygen atoms in total. The molecule has 12 heavy (non-hydrogen) atoms. The molecule has 1 aliphatic carbocycles. The average Bonchev–Trinajstić information content (AvgIpc) is 2.15. The van der Waals surface area contributed by atoms with Crippen LogP contribution in [0.25, 0.3) is 0 Å². The van der Waals surface area contributed by atoms with E-state index in [4.69, 9.17) is 9.47 Å². The van der Waals surface area contributed by atoms with Crippen molar-refractivity contribution in [3.05, 3.63) is 12.7 Å². The normalized spacial score (nSPS) is 30.1. The lowest BCUT2D eigenvalue weighted by Gasteiger charge is -2.29. The van der Waals surface area contributed by atoms with E-state index in [-0.39, 0.29) is 0 Å². The summed E-state index contributed by atoms with van der Waals surface area (Å²) in [4.78, 5) is 0. The van der Waals surface area contributed by atoms with Crippen molar-refractivity contribution in [1.82, 2.24) is 0 Å². The van der Waals surface area contributed by atoms with Crippen molar-refractivity contribution in [3.8, 4) is 0 Å². The Morgan fingerprint density at radius 1 is 1.33 bits per heavy atom. The molecular weight excluding hydrogens is 152 g/mol. The Hall–Kier alpha value is -0.340. The lowest BCUT2D eigenvalue weighted by atomic mass is 9.94. The fourth-order valence-electron chi connectivity index (χ4n) is 1.71. The van der Waals surface area contributed by atoms with Gasteiger partial charge in [-0.3, -0.25) is 0 Å². The van der Waals surface area contributed by atoms with E-state index in [1.807, 2.05) is 0 Å². The molecule has 2 atom stereocenters. The lowest BCUT2D eigenvalue weighted by molar-refractivity contribution is -0.0684. The second kappa shape index (κ2) is 5.33. The molecule has 0 spiro atoms. The van der Waals surface area contributed by atoms with Crippen LogP contribution >= 0.6 is 0 Å². The predicted molar refractivity (Wildman–Crippen MR) is 49.2 cm³/mol. The van der Waals surface area contributed by atoms with Gasteiger partial charge in [0, 0.05) is 7.11 Å². The first kappa shape index (κ1) is 9.75. The van der Waals surface area contributed by atoms with Gasteiger partial charge in [-0.15, -0.1) is 6.58 Å². The molecular formula is C10H18O2. The summed E-state index contributed by atoms with van der Waals surface area (Å²) in [6, 6.07) is 0. The van der Waals surface area contributed by atoms with Crippen LogP contribution in [0.15, 0.2) is 12.7 Å². The van der Waals surface area contributed by atoms with Crippen molar-refractivity contribution in [2.24, 2.45) is 0 Å². The fourth-order valence-corrected chi connectivity index (χ4v) is 1.71. The van der Waals surface area contributed by atoms with Gasteiger partial charge in [-0.05, 0) is 12.8 Å². The quantitative estimate of drug-likeness (QED) is 0.602. The zero-order valence-corrected chi connectivity index (χ0v) is 7.79. The molecule has 0 saturated heterocycles. The summed E-state index contributed by atoms with van der Waals surface area (Å²) < 4.78 is 10.9. The standard InChI is InChI=1S/C10H18O2/c1-3-8-12-10-7-5-4-6-9(10)11-2/h3,9-10H,1,4-8H2,2H3. The maximum absolute atomic E-state index is 5.59. The highest BCUT2D eigenvalue weighted by Gasteiger charge is 2.24. The van der Waals surface area contributed by atoms with Gasteiger partial charge < -0.3 is 9.47 Å². The van der Waals surface area contributed by atoms with E-state index in [0.717, 1.165) is 12.8 Å². The van der Waals surface area contributed by atoms with Crippen LogP contribution in [0.1, 0.15) is 25.7 Å². The highest BCUT2D eigenvalue weighted by atomic mass is 16.5. The van der Waals surface area contributed by atoms with E-state index in [1.165, 1.54) is 12.8 Å². The maximum atomic E-state index is 5.59. The first-order valence-electron chi connectivity index (χ1n) is 4.63. The number of rotatable bonds is 4. The molecule has 0 amide bonds. The van der Waals surface area contributed by atoms with Gasteiger partial charge in [-0.1, -0.05) is 18.9 Å².